The average Bonchev–Trinajstić information content (AvgIpc) is 2.97. The van der Waals surface area contributed by atoms with Gasteiger partial charge in [-0.15, -0.1) is 15.3 Å². The van der Waals surface area contributed by atoms with Gasteiger partial charge in [0.25, 0.3) is 11.3 Å². The van der Waals surface area contributed by atoms with Crippen LogP contribution in [0.25, 0.3) is 22.5 Å². The highest BCUT2D eigenvalue weighted by Crippen LogP contribution is 2.15. The first kappa shape index (κ1) is 14.3. The average molecular weight is 322 g/mol. The van der Waals surface area contributed by atoms with Crippen LogP contribution in [-0.2, 0) is 0 Å². The Hall–Kier alpha value is -3.29. The van der Waals surface area contributed by atoms with Crippen molar-refractivity contribution in [3.8, 4) is 11.4 Å². The zero-order chi connectivity index (χ0) is 16.7. The van der Waals surface area contributed by atoms with E-state index in [-0.39, 0.29) is 11.1 Å². The van der Waals surface area contributed by atoms with Crippen LogP contribution in [-0.4, -0.2) is 36.0 Å². The van der Waals surface area contributed by atoms with E-state index in [9.17, 15) is 4.79 Å². The van der Waals surface area contributed by atoms with E-state index in [1.807, 2.05) is 31.2 Å². The minimum absolute atomic E-state index is 0.240. The molecular formula is C16H14N6O2. The summed E-state index contributed by atoms with van der Waals surface area (Å²) in [6, 6.07) is 9.08. The van der Waals surface area contributed by atoms with Gasteiger partial charge in [-0.2, -0.15) is 9.50 Å². The molecule has 0 saturated carbocycles. The normalized spacial score (nSPS) is 11.2. The van der Waals surface area contributed by atoms with Crippen LogP contribution >= 0.6 is 0 Å². The molecule has 0 aliphatic heterocycles. The number of rotatable bonds is 3. The number of ether oxygens (including phenoxy) is 1. The summed E-state index contributed by atoms with van der Waals surface area (Å²) in [4.78, 5) is 16.9. The summed E-state index contributed by atoms with van der Waals surface area (Å²) in [5, 5.41) is 12.2. The summed E-state index contributed by atoms with van der Waals surface area (Å²) in [6.07, 6.45) is 1.69. The summed E-state index contributed by atoms with van der Waals surface area (Å²) < 4.78 is 8.47. The van der Waals surface area contributed by atoms with Crippen molar-refractivity contribution in [2.45, 2.75) is 13.8 Å². The highest BCUT2D eigenvalue weighted by atomic mass is 16.5. The molecule has 0 bridgehead atoms. The Bertz CT molecular complexity index is 1100. The first-order chi connectivity index (χ1) is 11.7. The van der Waals surface area contributed by atoms with Gasteiger partial charge in [0.15, 0.2) is 5.52 Å². The molecule has 8 heteroatoms. The van der Waals surface area contributed by atoms with Crippen LogP contribution in [0.3, 0.4) is 0 Å². The smallest absolute Gasteiger partial charge is 0.285 e. The summed E-state index contributed by atoms with van der Waals surface area (Å²) >= 11 is 0. The van der Waals surface area contributed by atoms with Crippen molar-refractivity contribution in [1.29, 1.82) is 0 Å². The van der Waals surface area contributed by atoms with Gasteiger partial charge in [-0.25, -0.2) is 0 Å². The molecule has 0 spiro atoms. The maximum absolute atomic E-state index is 12.8. The van der Waals surface area contributed by atoms with Gasteiger partial charge in [0.2, 0.25) is 0 Å². The van der Waals surface area contributed by atoms with Crippen molar-refractivity contribution in [3.05, 3.63) is 52.7 Å². The first-order valence-corrected chi connectivity index (χ1v) is 7.52. The fourth-order valence-corrected chi connectivity index (χ4v) is 2.58. The Kier molecular flexibility index (Phi) is 3.23. The number of fused-ring (bicyclic) bond motifs is 3. The molecule has 0 atom stereocenters. The Labute approximate surface area is 136 Å². The lowest BCUT2D eigenvalue weighted by atomic mass is 10.3. The number of hydrogen-bond donors (Lipinski definition) is 0. The molecule has 0 N–H and O–H groups in total. The number of benzene rings is 1. The second-order valence-electron chi connectivity index (χ2n) is 5.22. The van der Waals surface area contributed by atoms with E-state index in [2.05, 4.69) is 20.3 Å². The largest absolute Gasteiger partial charge is 0.494 e. The standard InChI is InChI=1S/C16H14N6O2/c1-3-24-12-6-4-11(5-7-12)21-9-8-13-14(15(21)23)18-19-16-17-10(2)20-22(13)16/h4-9H,3H2,1-2H3. The zero-order valence-corrected chi connectivity index (χ0v) is 13.2. The quantitative estimate of drug-likeness (QED) is 0.568. The van der Waals surface area contributed by atoms with Crippen LogP contribution in [0.5, 0.6) is 5.75 Å². The van der Waals surface area contributed by atoms with Gasteiger partial charge in [-0.3, -0.25) is 9.36 Å². The highest BCUT2D eigenvalue weighted by molar-refractivity contribution is 5.74. The van der Waals surface area contributed by atoms with Crippen molar-refractivity contribution in [2.75, 3.05) is 6.61 Å². The fourth-order valence-electron chi connectivity index (χ4n) is 2.58. The number of aryl methyl sites for hydroxylation is 1. The lowest BCUT2D eigenvalue weighted by Gasteiger charge is -2.08. The third kappa shape index (κ3) is 2.19. The maximum Gasteiger partial charge on any atom is 0.285 e. The van der Waals surface area contributed by atoms with Gasteiger partial charge in [-0.1, -0.05) is 0 Å². The van der Waals surface area contributed by atoms with E-state index in [4.69, 9.17) is 4.74 Å². The first-order valence-electron chi connectivity index (χ1n) is 7.52. The molecule has 0 fully saturated rings. The van der Waals surface area contributed by atoms with E-state index < -0.39 is 0 Å². The third-order valence-corrected chi connectivity index (χ3v) is 3.63. The van der Waals surface area contributed by atoms with Crippen LogP contribution < -0.4 is 10.3 Å². The van der Waals surface area contributed by atoms with E-state index in [1.165, 1.54) is 9.08 Å². The molecule has 0 aliphatic rings. The van der Waals surface area contributed by atoms with E-state index in [0.717, 1.165) is 11.4 Å². The minimum atomic E-state index is -0.265. The summed E-state index contributed by atoms with van der Waals surface area (Å²) in [6.45, 7) is 4.28. The molecule has 8 nitrogen and oxygen atoms in total. The van der Waals surface area contributed by atoms with Gasteiger partial charge < -0.3 is 4.74 Å². The van der Waals surface area contributed by atoms with Gasteiger partial charge in [-0.05, 0) is 44.2 Å². The number of hydrogen-bond acceptors (Lipinski definition) is 6. The SMILES string of the molecule is CCOc1ccc(-n2ccc3c(nnc4nc(C)nn43)c2=O)cc1. The zero-order valence-electron chi connectivity index (χ0n) is 13.2. The molecule has 0 amide bonds. The monoisotopic (exact) mass is 322 g/mol. The lowest BCUT2D eigenvalue weighted by Crippen LogP contribution is -2.20. The van der Waals surface area contributed by atoms with Crippen molar-refractivity contribution in [2.24, 2.45) is 0 Å². The minimum Gasteiger partial charge on any atom is -0.494 e. The predicted octanol–water partition coefficient (Wildman–Crippen LogP) is 1.53. The lowest BCUT2D eigenvalue weighted by molar-refractivity contribution is 0.340. The molecule has 0 saturated heterocycles. The van der Waals surface area contributed by atoms with Crippen molar-refractivity contribution >= 4 is 16.8 Å². The van der Waals surface area contributed by atoms with Crippen molar-refractivity contribution in [3.63, 3.8) is 0 Å². The molecule has 0 unspecified atom stereocenters. The molecule has 0 aliphatic carbocycles. The van der Waals surface area contributed by atoms with Crippen LogP contribution in [0.15, 0.2) is 41.3 Å². The molecular weight excluding hydrogens is 308 g/mol. The molecule has 4 aromatic rings. The molecule has 0 radical (unpaired) electrons. The van der Waals surface area contributed by atoms with Crippen molar-refractivity contribution < 1.29 is 4.74 Å². The molecule has 24 heavy (non-hydrogen) atoms. The summed E-state index contributed by atoms with van der Waals surface area (Å²) in [5.41, 5.74) is 1.28. The molecule has 120 valence electrons. The van der Waals surface area contributed by atoms with Crippen LogP contribution in [0.4, 0.5) is 0 Å². The van der Waals surface area contributed by atoms with Gasteiger partial charge >= 0.3 is 0 Å². The highest BCUT2D eigenvalue weighted by Gasteiger charge is 2.12. The fraction of sp³-hybridized carbons (Fsp3) is 0.188. The molecule has 3 heterocycles. The van der Waals surface area contributed by atoms with E-state index >= 15 is 0 Å². The molecule has 1 aromatic carbocycles. The number of aromatic nitrogens is 6. The number of nitrogens with zero attached hydrogens (tertiary/aromatic N) is 6. The topological polar surface area (TPSA) is 87.2 Å². The second kappa shape index (κ2) is 5.41. The molecule has 3 aromatic heterocycles. The van der Waals surface area contributed by atoms with E-state index in [1.54, 1.807) is 19.2 Å². The van der Waals surface area contributed by atoms with Crippen LogP contribution in [0.2, 0.25) is 0 Å². The number of pyridine rings is 1. The van der Waals surface area contributed by atoms with Gasteiger partial charge in [0.05, 0.1) is 6.61 Å². The summed E-state index contributed by atoms with van der Waals surface area (Å²) in [5.74, 6) is 1.71. The molecule has 4 rings (SSSR count). The van der Waals surface area contributed by atoms with Crippen LogP contribution in [0, 0.1) is 6.92 Å². The Balaban J connectivity index is 1.89. The summed E-state index contributed by atoms with van der Waals surface area (Å²) in [7, 11) is 0. The third-order valence-electron chi connectivity index (χ3n) is 3.63. The predicted molar refractivity (Wildman–Crippen MR) is 87.6 cm³/mol. The van der Waals surface area contributed by atoms with Gasteiger partial charge in [0.1, 0.15) is 17.1 Å². The Morgan fingerprint density at radius 2 is 1.92 bits per heavy atom. The van der Waals surface area contributed by atoms with E-state index in [0.29, 0.717) is 23.7 Å². The Morgan fingerprint density at radius 3 is 2.67 bits per heavy atom. The van der Waals surface area contributed by atoms with Crippen LogP contribution in [0.1, 0.15) is 12.7 Å². The van der Waals surface area contributed by atoms with Gasteiger partial charge in [0, 0.05) is 11.9 Å². The van der Waals surface area contributed by atoms with Crippen molar-refractivity contribution in [1.82, 2.24) is 29.4 Å². The Morgan fingerprint density at radius 1 is 1.12 bits per heavy atom. The second-order valence-corrected chi connectivity index (χ2v) is 5.22. The maximum atomic E-state index is 12.8.